The van der Waals surface area contributed by atoms with E-state index in [1.54, 1.807) is 0 Å². The first kappa shape index (κ1) is 37.1. The van der Waals surface area contributed by atoms with Gasteiger partial charge >= 0.3 is 342 Å². The van der Waals surface area contributed by atoms with E-state index >= 15 is 0 Å². The molecule has 8 rings (SSSR count). The molecule has 6 aromatic rings. The second kappa shape index (κ2) is 14.7. The Labute approximate surface area is 339 Å². The molecule has 268 valence electrons. The first-order valence-corrected chi connectivity index (χ1v) is 23.8. The molecule has 0 nitrogen and oxygen atoms in total. The van der Waals surface area contributed by atoms with Gasteiger partial charge in [-0.15, -0.1) is 0 Å². The number of rotatable bonds is 6. The Kier molecular flexibility index (Phi) is 10.1. The third kappa shape index (κ3) is 7.05. The Morgan fingerprint density at radius 3 is 1.24 bits per heavy atom. The summed E-state index contributed by atoms with van der Waals surface area (Å²) in [7, 11) is 0. The predicted molar refractivity (Wildman–Crippen MR) is 230 cm³/mol. The van der Waals surface area contributed by atoms with Crippen LogP contribution < -0.4 is 0 Å². The van der Waals surface area contributed by atoms with Crippen LogP contribution in [0.2, 0.25) is 13.7 Å². The molecule has 0 atom stereocenters. The summed E-state index contributed by atoms with van der Waals surface area (Å²) in [5.41, 5.74) is 16.1. The molecule has 0 unspecified atom stereocenters. The van der Waals surface area contributed by atoms with E-state index < -0.39 is 21.3 Å². The summed E-state index contributed by atoms with van der Waals surface area (Å²) in [6.45, 7) is 14.1. The van der Waals surface area contributed by atoms with Crippen LogP contribution in [0.5, 0.6) is 0 Å². The van der Waals surface area contributed by atoms with Gasteiger partial charge in [0.1, 0.15) is 0 Å². The van der Waals surface area contributed by atoms with Gasteiger partial charge in [-0.25, -0.2) is 0 Å². The Hall–Kier alpha value is -3.87. The van der Waals surface area contributed by atoms with E-state index in [1.165, 1.54) is 70.0 Å². The third-order valence-corrected chi connectivity index (χ3v) is 20.2. The molecule has 0 radical (unpaired) electrons. The van der Waals surface area contributed by atoms with E-state index in [2.05, 4.69) is 199 Å². The van der Waals surface area contributed by atoms with Crippen LogP contribution >= 0.6 is 23.2 Å². The van der Waals surface area contributed by atoms with Crippen LogP contribution in [0.3, 0.4) is 0 Å². The molecule has 54 heavy (non-hydrogen) atoms. The molecule has 3 heteroatoms. The average molecular weight is 821 g/mol. The van der Waals surface area contributed by atoms with Crippen molar-refractivity contribution >= 4 is 26.4 Å². The molecule has 0 N–H and O–H groups in total. The van der Waals surface area contributed by atoms with E-state index in [-0.39, 0.29) is 14.5 Å². The summed E-state index contributed by atoms with van der Waals surface area (Å²) in [5.74, 6) is 0. The molecule has 0 spiro atoms. The molecule has 0 heterocycles. The van der Waals surface area contributed by atoms with E-state index in [9.17, 15) is 0 Å². The second-order valence-corrected chi connectivity index (χ2v) is 24.2. The van der Waals surface area contributed by atoms with Gasteiger partial charge in [0.05, 0.1) is 0 Å². The quantitative estimate of drug-likeness (QED) is 0.157. The number of allylic oxidation sites excluding steroid dienone is 4. The van der Waals surface area contributed by atoms with Gasteiger partial charge in [0.2, 0.25) is 0 Å². The summed E-state index contributed by atoms with van der Waals surface area (Å²) in [6.07, 6.45) is 9.47. The van der Waals surface area contributed by atoms with Crippen LogP contribution in [0, 0.1) is 0 Å². The zero-order valence-corrected chi connectivity index (χ0v) is 35.9. The Balaban J connectivity index is 1.55. The minimum absolute atomic E-state index is 0.0578. The maximum atomic E-state index is 6.57. The zero-order chi connectivity index (χ0) is 37.8. The third-order valence-electron chi connectivity index (χ3n) is 11.0. The molecule has 0 aromatic heterocycles. The van der Waals surface area contributed by atoms with Gasteiger partial charge in [0.15, 0.2) is 0 Å². The molecule has 0 saturated carbocycles. The molecule has 2 aliphatic carbocycles. The molecule has 6 aromatic carbocycles. The molecule has 0 amide bonds. The fraction of sp³-hybridized carbons (Fsp3) is 0.196. The predicted octanol–water partition coefficient (Wildman–Crippen LogP) is 14.8. The van der Waals surface area contributed by atoms with Crippen molar-refractivity contribution in [1.29, 1.82) is 0 Å². The van der Waals surface area contributed by atoms with Crippen molar-refractivity contribution in [2.75, 3.05) is 0 Å². The van der Waals surface area contributed by atoms with E-state index in [0.717, 1.165) is 10.0 Å². The van der Waals surface area contributed by atoms with Crippen LogP contribution in [-0.4, -0.2) is 3.21 Å². The van der Waals surface area contributed by atoms with E-state index in [0.29, 0.717) is 3.63 Å². The molecule has 2 aliphatic rings. The van der Waals surface area contributed by atoms with Gasteiger partial charge in [-0.2, -0.15) is 0 Å². The fourth-order valence-corrected chi connectivity index (χ4v) is 18.1. The van der Waals surface area contributed by atoms with Gasteiger partial charge in [0.25, 0.3) is 0 Å². The minimum atomic E-state index is -2.99. The summed E-state index contributed by atoms with van der Waals surface area (Å²) >= 11 is 10.1. The van der Waals surface area contributed by atoms with Crippen molar-refractivity contribution in [3.8, 4) is 33.4 Å². The summed E-state index contributed by atoms with van der Waals surface area (Å²) < 4.78 is 2.07. The van der Waals surface area contributed by atoms with Crippen molar-refractivity contribution in [1.82, 2.24) is 0 Å². The topological polar surface area (TPSA) is 0 Å². The Morgan fingerprint density at radius 2 is 0.870 bits per heavy atom. The normalized spacial score (nSPS) is 14.0. The van der Waals surface area contributed by atoms with E-state index in [4.69, 9.17) is 23.2 Å². The standard InChI is InChI=1S/C33H33.C13H8Cl2.C5H5.Zr/c1-32(2,3)30-20-26-24(18-28(30)22-13-9-7-10-14-22)17-25-19-29(23-15-11-8-12-16-23)31(21-27(25)26)33(4,5)6;14-12-5-1-10(2-6-12)9-11-3-7-13(15)8-4-11;1-2-4-5-3-1;/h7-21H,1-6H3;1-8H;1-5H;. The second-order valence-electron chi connectivity index (χ2n) is 16.8. The molecular formula is C51H46Cl2Zr. The van der Waals surface area contributed by atoms with Crippen molar-refractivity contribution in [3.05, 3.63) is 201 Å². The number of benzene rings is 6. The van der Waals surface area contributed by atoms with Gasteiger partial charge in [-0.05, 0) is 0 Å². The van der Waals surface area contributed by atoms with Gasteiger partial charge < -0.3 is 0 Å². The molecular weight excluding hydrogens is 775 g/mol. The summed E-state index contributed by atoms with van der Waals surface area (Å²) in [4.78, 5) is 0. The number of hydrogen-bond acceptors (Lipinski definition) is 0. The average Bonchev–Trinajstić information content (AvgIpc) is 3.80. The zero-order valence-electron chi connectivity index (χ0n) is 31.9. The van der Waals surface area contributed by atoms with Crippen LogP contribution in [0.25, 0.3) is 33.4 Å². The monoisotopic (exact) mass is 818 g/mol. The molecule has 0 fully saturated rings. The van der Waals surface area contributed by atoms with Crippen LogP contribution in [0.4, 0.5) is 0 Å². The van der Waals surface area contributed by atoms with Gasteiger partial charge in [0, 0.05) is 0 Å². The van der Waals surface area contributed by atoms with Crippen molar-refractivity contribution in [2.24, 2.45) is 0 Å². The van der Waals surface area contributed by atoms with Gasteiger partial charge in [-0.1, -0.05) is 0 Å². The van der Waals surface area contributed by atoms with Crippen molar-refractivity contribution < 1.29 is 21.3 Å². The van der Waals surface area contributed by atoms with Crippen molar-refractivity contribution in [3.63, 3.8) is 0 Å². The maximum absolute atomic E-state index is 6.57. The van der Waals surface area contributed by atoms with Crippen LogP contribution in [0.15, 0.2) is 158 Å². The Morgan fingerprint density at radius 1 is 0.481 bits per heavy atom. The number of fused-ring (bicyclic) bond motifs is 3. The molecule has 0 bridgehead atoms. The van der Waals surface area contributed by atoms with E-state index in [1.807, 2.05) is 0 Å². The Bertz CT molecular complexity index is 2270. The van der Waals surface area contributed by atoms with Crippen LogP contribution in [0.1, 0.15) is 78.5 Å². The first-order chi connectivity index (χ1) is 25.9. The number of halogens is 2. The number of hydrogen-bond donors (Lipinski definition) is 0. The van der Waals surface area contributed by atoms with Crippen molar-refractivity contribution in [2.45, 2.75) is 59.6 Å². The fourth-order valence-electron chi connectivity index (χ4n) is 8.51. The summed E-state index contributed by atoms with van der Waals surface area (Å²) in [5, 5.41) is 1.50. The molecule has 0 saturated heterocycles. The molecule has 0 aliphatic heterocycles. The SMILES string of the molecule is CC(C)(C)c1cc2c(cc1-c1ccccc1)[CH]([Zr](=[C](c1ccc(Cl)cc1)c1ccc(Cl)cc1)[CH]1C=CC=C1)c1cc(-c3ccccc3)c(C(C)(C)C)cc1-2. The van der Waals surface area contributed by atoms with Crippen LogP contribution in [-0.2, 0) is 32.1 Å². The first-order valence-electron chi connectivity index (χ1n) is 19.0. The van der Waals surface area contributed by atoms with Gasteiger partial charge in [-0.3, -0.25) is 0 Å². The summed E-state index contributed by atoms with van der Waals surface area (Å²) in [6, 6.07) is 49.5.